The summed E-state index contributed by atoms with van der Waals surface area (Å²) in [6, 6.07) is 1.28. The first-order valence-electron chi connectivity index (χ1n) is 3.79. The fraction of sp³-hybridized carbons (Fsp3) is 0.375. The molecule has 66 valence electrons. The van der Waals surface area contributed by atoms with Crippen LogP contribution in [0.5, 0.6) is 5.75 Å². The number of carbonyl (C=O) groups excluding carboxylic acids is 1. The van der Waals surface area contributed by atoms with Crippen LogP contribution < -0.4 is 5.32 Å². The summed E-state index contributed by atoms with van der Waals surface area (Å²) in [5, 5.41) is 11.5. The molecule has 4 nitrogen and oxygen atoms in total. The number of carbonyl (C=O) groups is 1. The zero-order valence-corrected chi connectivity index (χ0v) is 6.83. The summed E-state index contributed by atoms with van der Waals surface area (Å²) in [6.07, 6.45) is 2.00. The van der Waals surface area contributed by atoms with Gasteiger partial charge in [0, 0.05) is 12.6 Å². The van der Waals surface area contributed by atoms with Crippen LogP contribution in [0.25, 0.3) is 0 Å². The summed E-state index contributed by atoms with van der Waals surface area (Å²) in [5.74, 6) is -0.185. The lowest BCUT2D eigenvalue weighted by Gasteiger charge is -1.97. The number of amides is 1. The molecule has 1 aromatic heterocycles. The number of rotatable bonds is 3. The number of hydrogen-bond donors (Lipinski definition) is 2. The van der Waals surface area contributed by atoms with E-state index in [1.165, 1.54) is 6.07 Å². The van der Waals surface area contributed by atoms with Crippen molar-refractivity contribution in [3.05, 3.63) is 18.1 Å². The molecular weight excluding hydrogens is 158 g/mol. The zero-order chi connectivity index (χ0) is 8.97. The van der Waals surface area contributed by atoms with Crippen molar-refractivity contribution < 1.29 is 14.3 Å². The Balaban J connectivity index is 2.53. The van der Waals surface area contributed by atoms with Gasteiger partial charge in [-0.1, -0.05) is 6.92 Å². The molecule has 0 saturated carbocycles. The maximum absolute atomic E-state index is 11.1. The smallest absolute Gasteiger partial charge is 0.287 e. The van der Waals surface area contributed by atoms with E-state index >= 15 is 0 Å². The maximum atomic E-state index is 11.1. The van der Waals surface area contributed by atoms with Gasteiger partial charge < -0.3 is 14.8 Å². The van der Waals surface area contributed by atoms with E-state index in [0.717, 1.165) is 12.7 Å². The van der Waals surface area contributed by atoms with E-state index in [4.69, 9.17) is 9.52 Å². The van der Waals surface area contributed by atoms with Gasteiger partial charge in [-0.05, 0) is 6.42 Å². The van der Waals surface area contributed by atoms with Gasteiger partial charge >= 0.3 is 0 Å². The summed E-state index contributed by atoms with van der Waals surface area (Å²) in [6.45, 7) is 2.57. The molecule has 0 atom stereocenters. The van der Waals surface area contributed by atoms with Gasteiger partial charge in [-0.15, -0.1) is 0 Å². The third kappa shape index (κ3) is 2.02. The minimum absolute atomic E-state index is 0.0309. The van der Waals surface area contributed by atoms with Crippen molar-refractivity contribution in [2.24, 2.45) is 0 Å². The van der Waals surface area contributed by atoms with Crippen LogP contribution >= 0.6 is 0 Å². The lowest BCUT2D eigenvalue weighted by molar-refractivity contribution is 0.0926. The second kappa shape index (κ2) is 3.80. The number of aromatic hydroxyl groups is 1. The largest absolute Gasteiger partial charge is 0.505 e. The minimum atomic E-state index is -0.294. The van der Waals surface area contributed by atoms with Crippen molar-refractivity contribution in [1.82, 2.24) is 5.32 Å². The van der Waals surface area contributed by atoms with E-state index in [2.05, 4.69) is 5.32 Å². The van der Waals surface area contributed by atoms with Gasteiger partial charge in [0.15, 0.2) is 11.5 Å². The first-order valence-corrected chi connectivity index (χ1v) is 3.79. The van der Waals surface area contributed by atoms with Crippen molar-refractivity contribution in [1.29, 1.82) is 0 Å². The Kier molecular flexibility index (Phi) is 2.74. The molecule has 1 rings (SSSR count). The third-order valence-electron chi connectivity index (χ3n) is 1.34. The molecule has 0 aromatic carbocycles. The molecule has 1 heterocycles. The summed E-state index contributed by atoms with van der Waals surface area (Å²) in [4.78, 5) is 11.1. The Bertz CT molecular complexity index is 267. The molecule has 1 aromatic rings. The van der Waals surface area contributed by atoms with E-state index in [1.54, 1.807) is 0 Å². The average molecular weight is 169 g/mol. The fourth-order valence-electron chi connectivity index (χ4n) is 0.771. The van der Waals surface area contributed by atoms with Crippen LogP contribution in [0.2, 0.25) is 0 Å². The van der Waals surface area contributed by atoms with Crippen LogP contribution in [-0.2, 0) is 0 Å². The zero-order valence-electron chi connectivity index (χ0n) is 6.83. The Morgan fingerprint density at radius 2 is 2.50 bits per heavy atom. The molecular formula is C8H11NO3. The van der Waals surface area contributed by atoms with Crippen molar-refractivity contribution in [2.45, 2.75) is 13.3 Å². The molecule has 0 unspecified atom stereocenters. The van der Waals surface area contributed by atoms with E-state index in [9.17, 15) is 4.79 Å². The van der Waals surface area contributed by atoms with Gasteiger partial charge in [0.2, 0.25) is 0 Å². The normalized spacial score (nSPS) is 9.75. The number of nitrogens with one attached hydrogen (secondary N) is 1. The van der Waals surface area contributed by atoms with Crippen molar-refractivity contribution in [3.63, 3.8) is 0 Å². The highest BCUT2D eigenvalue weighted by atomic mass is 16.4. The highest BCUT2D eigenvalue weighted by Crippen LogP contribution is 2.12. The van der Waals surface area contributed by atoms with Crippen LogP contribution in [0.1, 0.15) is 23.9 Å². The van der Waals surface area contributed by atoms with Crippen LogP contribution in [-0.4, -0.2) is 17.6 Å². The molecule has 0 aliphatic rings. The van der Waals surface area contributed by atoms with Crippen molar-refractivity contribution in [2.75, 3.05) is 6.54 Å². The Labute approximate surface area is 70.2 Å². The molecule has 0 aliphatic heterocycles. The molecule has 0 spiro atoms. The molecule has 0 saturated heterocycles. The predicted molar refractivity (Wildman–Crippen MR) is 43.0 cm³/mol. The summed E-state index contributed by atoms with van der Waals surface area (Å²) >= 11 is 0. The minimum Gasteiger partial charge on any atom is -0.505 e. The molecule has 0 aliphatic carbocycles. The lowest BCUT2D eigenvalue weighted by atomic mass is 10.4. The van der Waals surface area contributed by atoms with E-state index in [1.807, 2.05) is 6.92 Å². The Hall–Kier alpha value is -1.45. The SMILES string of the molecule is CCCNC(=O)c1cc(O)co1. The highest BCUT2D eigenvalue weighted by Gasteiger charge is 2.08. The maximum Gasteiger partial charge on any atom is 0.287 e. The molecule has 4 heteroatoms. The molecule has 1 amide bonds. The first-order chi connectivity index (χ1) is 5.74. The van der Waals surface area contributed by atoms with Gasteiger partial charge in [0.25, 0.3) is 5.91 Å². The Morgan fingerprint density at radius 1 is 1.75 bits per heavy atom. The standard InChI is InChI=1S/C8H11NO3/c1-2-3-9-8(11)7-4-6(10)5-12-7/h4-5,10H,2-3H2,1H3,(H,9,11). The second-order valence-corrected chi connectivity index (χ2v) is 2.43. The van der Waals surface area contributed by atoms with Crippen LogP contribution in [0.3, 0.4) is 0 Å². The number of hydrogen-bond acceptors (Lipinski definition) is 3. The number of furan rings is 1. The van der Waals surface area contributed by atoms with Gasteiger partial charge in [0.05, 0.1) is 0 Å². The molecule has 12 heavy (non-hydrogen) atoms. The molecule has 0 bridgehead atoms. The van der Waals surface area contributed by atoms with Crippen molar-refractivity contribution in [3.8, 4) is 5.75 Å². The van der Waals surface area contributed by atoms with Gasteiger partial charge in [-0.3, -0.25) is 4.79 Å². The van der Waals surface area contributed by atoms with Crippen molar-refractivity contribution >= 4 is 5.91 Å². The predicted octanol–water partition coefficient (Wildman–Crippen LogP) is 1.12. The quantitative estimate of drug-likeness (QED) is 0.712. The van der Waals surface area contributed by atoms with Gasteiger partial charge in [-0.25, -0.2) is 0 Å². The second-order valence-electron chi connectivity index (χ2n) is 2.43. The molecule has 2 N–H and O–H groups in total. The van der Waals surface area contributed by atoms with E-state index < -0.39 is 0 Å². The lowest BCUT2D eigenvalue weighted by Crippen LogP contribution is -2.23. The topological polar surface area (TPSA) is 62.5 Å². The summed E-state index contributed by atoms with van der Waals surface area (Å²) in [7, 11) is 0. The van der Waals surface area contributed by atoms with Crippen LogP contribution in [0.4, 0.5) is 0 Å². The first kappa shape index (κ1) is 8.64. The highest BCUT2D eigenvalue weighted by molar-refractivity contribution is 5.91. The Morgan fingerprint density at radius 3 is 3.00 bits per heavy atom. The van der Waals surface area contributed by atoms with Gasteiger partial charge in [-0.2, -0.15) is 0 Å². The summed E-state index contributed by atoms with van der Waals surface area (Å²) in [5.41, 5.74) is 0. The van der Waals surface area contributed by atoms with Crippen LogP contribution in [0, 0.1) is 0 Å². The molecule has 0 fully saturated rings. The van der Waals surface area contributed by atoms with E-state index in [0.29, 0.717) is 6.54 Å². The average Bonchev–Trinajstić information content (AvgIpc) is 2.47. The van der Waals surface area contributed by atoms with Gasteiger partial charge in [0.1, 0.15) is 6.26 Å². The van der Waals surface area contributed by atoms with E-state index in [-0.39, 0.29) is 17.4 Å². The summed E-state index contributed by atoms with van der Waals surface area (Å²) < 4.78 is 4.76. The van der Waals surface area contributed by atoms with Crippen LogP contribution in [0.15, 0.2) is 16.7 Å². The monoisotopic (exact) mass is 169 g/mol. The third-order valence-corrected chi connectivity index (χ3v) is 1.34. The fourth-order valence-corrected chi connectivity index (χ4v) is 0.771. The molecule has 0 radical (unpaired) electrons.